The van der Waals surface area contributed by atoms with E-state index in [1.165, 1.54) is 30.3 Å². The van der Waals surface area contributed by atoms with E-state index in [-0.39, 0.29) is 35.4 Å². The first-order valence-electron chi connectivity index (χ1n) is 9.59. The van der Waals surface area contributed by atoms with Gasteiger partial charge in [-0.05, 0) is 43.5 Å². The Morgan fingerprint density at radius 2 is 1.81 bits per heavy atom. The zero-order chi connectivity index (χ0) is 23.2. The largest absolute Gasteiger partial charge is 0.478 e. The van der Waals surface area contributed by atoms with Crippen LogP contribution in [-0.4, -0.2) is 26.8 Å². The van der Waals surface area contributed by atoms with Gasteiger partial charge in [0, 0.05) is 11.1 Å². The summed E-state index contributed by atoms with van der Waals surface area (Å²) in [4.78, 5) is 24.3. The molecule has 32 heavy (non-hydrogen) atoms. The lowest BCUT2D eigenvalue weighted by atomic mass is 9.91. The van der Waals surface area contributed by atoms with Crippen LogP contribution in [0, 0.1) is 0 Å². The molecule has 10 heteroatoms. The highest BCUT2D eigenvalue weighted by Gasteiger charge is 2.38. The number of nitrogens with zero attached hydrogens (tertiary/aromatic N) is 2. The molecule has 3 aromatic rings. The third-order valence-electron chi connectivity index (χ3n) is 5.34. The Labute approximate surface area is 184 Å². The van der Waals surface area contributed by atoms with Crippen molar-refractivity contribution in [1.82, 2.24) is 9.78 Å². The topological polar surface area (TPSA) is 72.2 Å². The smallest absolute Gasteiger partial charge is 0.417 e. The summed E-state index contributed by atoms with van der Waals surface area (Å²) in [7, 11) is 0. The zero-order valence-electron chi connectivity index (χ0n) is 16.3. The van der Waals surface area contributed by atoms with Crippen LogP contribution in [0.3, 0.4) is 0 Å². The minimum atomic E-state index is -4.83. The maximum Gasteiger partial charge on any atom is 0.417 e. The maximum atomic E-state index is 14.9. The molecule has 5 nitrogen and oxygen atoms in total. The van der Waals surface area contributed by atoms with E-state index in [1.807, 2.05) is 0 Å². The molecule has 1 heterocycles. The van der Waals surface area contributed by atoms with Gasteiger partial charge in [0.25, 0.3) is 5.91 Å². The van der Waals surface area contributed by atoms with Crippen LogP contribution in [0.1, 0.15) is 56.6 Å². The van der Waals surface area contributed by atoms with Gasteiger partial charge in [-0.3, -0.25) is 4.79 Å². The Kier molecular flexibility index (Phi) is 5.54. The molecule has 1 aliphatic carbocycles. The highest BCUT2D eigenvalue weighted by Crippen LogP contribution is 2.41. The Bertz CT molecular complexity index is 1220. The van der Waals surface area contributed by atoms with E-state index < -0.39 is 40.4 Å². The summed E-state index contributed by atoms with van der Waals surface area (Å²) in [6.45, 7) is 0. The van der Waals surface area contributed by atoms with Gasteiger partial charge in [0.1, 0.15) is 6.17 Å². The van der Waals surface area contributed by atoms with Crippen LogP contribution in [0.15, 0.2) is 42.5 Å². The first-order valence-corrected chi connectivity index (χ1v) is 9.97. The van der Waals surface area contributed by atoms with Crippen LogP contribution in [0.2, 0.25) is 5.02 Å². The van der Waals surface area contributed by atoms with E-state index in [0.29, 0.717) is 12.0 Å². The quantitative estimate of drug-likeness (QED) is 0.484. The molecule has 1 atom stereocenters. The van der Waals surface area contributed by atoms with Gasteiger partial charge in [0.05, 0.1) is 33.1 Å². The van der Waals surface area contributed by atoms with E-state index in [1.54, 1.807) is 0 Å². The van der Waals surface area contributed by atoms with Crippen LogP contribution in [0.4, 0.5) is 17.6 Å². The third-order valence-corrected chi connectivity index (χ3v) is 5.65. The lowest BCUT2D eigenvalue weighted by Crippen LogP contribution is -2.23. The van der Waals surface area contributed by atoms with Crippen molar-refractivity contribution in [2.45, 2.75) is 31.6 Å². The van der Waals surface area contributed by atoms with E-state index in [4.69, 9.17) is 16.7 Å². The molecule has 166 valence electrons. The summed E-state index contributed by atoms with van der Waals surface area (Å²) < 4.78 is 56.3. The van der Waals surface area contributed by atoms with Crippen molar-refractivity contribution >= 4 is 23.5 Å². The molecule has 4 rings (SSSR count). The predicted octanol–water partition coefficient (Wildman–Crippen LogP) is 5.96. The molecular formula is C22H15ClF4N2O3. The molecule has 0 amide bonds. The predicted molar refractivity (Wildman–Crippen MR) is 108 cm³/mol. The van der Waals surface area contributed by atoms with Crippen LogP contribution in [0.25, 0.3) is 11.3 Å². The molecule has 0 fully saturated rings. The van der Waals surface area contributed by atoms with Crippen molar-refractivity contribution in [3.8, 4) is 11.3 Å². The number of benzene rings is 2. The maximum absolute atomic E-state index is 14.9. The molecule has 0 radical (unpaired) electrons. The lowest BCUT2D eigenvalue weighted by molar-refractivity contribution is -0.137. The van der Waals surface area contributed by atoms with Crippen molar-refractivity contribution in [2.75, 3.05) is 0 Å². The van der Waals surface area contributed by atoms with Gasteiger partial charge in [-0.1, -0.05) is 29.8 Å². The first kappa shape index (κ1) is 22.0. The van der Waals surface area contributed by atoms with Gasteiger partial charge in [-0.15, -0.1) is 0 Å². The van der Waals surface area contributed by atoms with Crippen molar-refractivity contribution in [3.63, 3.8) is 0 Å². The fourth-order valence-electron chi connectivity index (χ4n) is 3.86. The number of hydrogen-bond acceptors (Lipinski definition) is 3. The minimum Gasteiger partial charge on any atom is -0.478 e. The molecule has 1 aliphatic rings. The number of hydrogen-bond donors (Lipinski definition) is 1. The summed E-state index contributed by atoms with van der Waals surface area (Å²) in [6.07, 6.45) is -5.50. The molecule has 0 saturated carbocycles. The van der Waals surface area contributed by atoms with E-state index in [0.717, 1.165) is 16.8 Å². The molecular weight excluding hydrogens is 452 g/mol. The molecule has 1 N–H and O–H groups in total. The summed E-state index contributed by atoms with van der Waals surface area (Å²) in [5.41, 5.74) is -1.25. The molecule has 0 bridgehead atoms. The number of fused-ring (bicyclic) bond motifs is 1. The Hall–Kier alpha value is -3.20. The number of halogens is 5. The SMILES string of the molecule is O=C(O)c1ccc(-c2nn(C(=O)c3c(Cl)cccc3C(F)(F)F)c3c2C(F)CCC3)cc1. The number of carboxylic acids is 1. The standard InChI is InChI=1S/C22H15ClF4N2O3/c23-14-4-1-3-13(22(25,26)27)17(14)20(30)29-16-6-2-5-15(24)18(16)19(28-29)11-7-9-12(10-8-11)21(31)32/h1,3-4,7-10,15H,2,5-6H2,(H,31,32). The number of rotatable bonds is 3. The second-order valence-electron chi connectivity index (χ2n) is 7.33. The van der Waals surface area contributed by atoms with Crippen LogP contribution < -0.4 is 0 Å². The number of carbonyl (C=O) groups excluding carboxylic acids is 1. The Morgan fingerprint density at radius 1 is 1.12 bits per heavy atom. The fourth-order valence-corrected chi connectivity index (χ4v) is 4.12. The summed E-state index contributed by atoms with van der Waals surface area (Å²) >= 11 is 5.97. The molecule has 2 aromatic carbocycles. The molecule has 0 spiro atoms. The first-order chi connectivity index (χ1) is 15.1. The van der Waals surface area contributed by atoms with E-state index in [9.17, 15) is 27.2 Å². The van der Waals surface area contributed by atoms with E-state index >= 15 is 0 Å². The van der Waals surface area contributed by atoms with Gasteiger partial charge < -0.3 is 5.11 Å². The molecule has 1 aromatic heterocycles. The van der Waals surface area contributed by atoms with Crippen molar-refractivity contribution in [1.29, 1.82) is 0 Å². The second kappa shape index (κ2) is 8.05. The fraction of sp³-hybridized carbons (Fsp3) is 0.227. The normalized spacial score (nSPS) is 16.0. The summed E-state index contributed by atoms with van der Waals surface area (Å²) in [6, 6.07) is 8.45. The van der Waals surface area contributed by atoms with Gasteiger partial charge in [-0.2, -0.15) is 23.0 Å². The van der Waals surface area contributed by atoms with Crippen LogP contribution in [0.5, 0.6) is 0 Å². The molecule has 0 aliphatic heterocycles. The minimum absolute atomic E-state index is 0.000751. The van der Waals surface area contributed by atoms with Crippen molar-refractivity contribution < 1.29 is 32.3 Å². The second-order valence-corrected chi connectivity index (χ2v) is 7.74. The summed E-state index contributed by atoms with van der Waals surface area (Å²) in [5, 5.41) is 12.9. The monoisotopic (exact) mass is 466 g/mol. The number of carbonyl (C=O) groups is 2. The van der Waals surface area contributed by atoms with Gasteiger partial charge >= 0.3 is 12.1 Å². The third kappa shape index (κ3) is 3.77. The number of alkyl halides is 4. The van der Waals surface area contributed by atoms with E-state index in [2.05, 4.69) is 5.10 Å². The zero-order valence-corrected chi connectivity index (χ0v) is 17.0. The van der Waals surface area contributed by atoms with Crippen molar-refractivity contribution in [3.05, 3.63) is 75.4 Å². The number of carboxylic acid groups (broad SMARTS) is 1. The van der Waals surface area contributed by atoms with Gasteiger partial charge in [0.2, 0.25) is 0 Å². The number of aromatic carboxylic acids is 1. The highest BCUT2D eigenvalue weighted by molar-refractivity contribution is 6.34. The summed E-state index contributed by atoms with van der Waals surface area (Å²) in [5.74, 6) is -2.26. The highest BCUT2D eigenvalue weighted by atomic mass is 35.5. The average molecular weight is 467 g/mol. The van der Waals surface area contributed by atoms with Gasteiger partial charge in [0.15, 0.2) is 0 Å². The average Bonchev–Trinajstić information content (AvgIpc) is 3.13. The Balaban J connectivity index is 1.90. The van der Waals surface area contributed by atoms with Crippen LogP contribution >= 0.6 is 11.6 Å². The molecule has 0 saturated heterocycles. The van der Waals surface area contributed by atoms with Crippen molar-refractivity contribution in [2.24, 2.45) is 0 Å². The van der Waals surface area contributed by atoms with Crippen LogP contribution in [-0.2, 0) is 12.6 Å². The van der Waals surface area contributed by atoms with Gasteiger partial charge in [-0.25, -0.2) is 9.18 Å². The Morgan fingerprint density at radius 3 is 2.44 bits per heavy atom. The molecule has 1 unspecified atom stereocenters. The lowest BCUT2D eigenvalue weighted by Gasteiger charge is -2.18. The number of aromatic nitrogens is 2.